The molecule has 2 rings (SSSR count). The molecule has 0 bridgehead atoms. The first kappa shape index (κ1) is 14.8. The van der Waals surface area contributed by atoms with Crippen molar-refractivity contribution >= 4 is 5.91 Å². The first-order chi connectivity index (χ1) is 9.20. The second kappa shape index (κ2) is 7.28. The minimum absolute atomic E-state index is 0.310. The van der Waals surface area contributed by atoms with Gasteiger partial charge in [0.15, 0.2) is 0 Å². The third-order valence-corrected chi connectivity index (χ3v) is 4.52. The van der Waals surface area contributed by atoms with Crippen molar-refractivity contribution in [1.82, 2.24) is 10.2 Å². The summed E-state index contributed by atoms with van der Waals surface area (Å²) >= 11 is 0. The molecule has 1 atom stereocenters. The van der Waals surface area contributed by atoms with Crippen LogP contribution in [0.15, 0.2) is 0 Å². The normalized spacial score (nSPS) is 22.2. The minimum Gasteiger partial charge on any atom is -0.339 e. The Morgan fingerprint density at radius 3 is 2.47 bits per heavy atom. The van der Waals surface area contributed by atoms with E-state index >= 15 is 0 Å². The molecular weight excluding hydrogens is 236 g/mol. The van der Waals surface area contributed by atoms with Crippen molar-refractivity contribution in [2.75, 3.05) is 13.1 Å². The van der Waals surface area contributed by atoms with E-state index in [0.717, 1.165) is 19.0 Å². The van der Waals surface area contributed by atoms with Crippen LogP contribution >= 0.6 is 0 Å². The van der Waals surface area contributed by atoms with Gasteiger partial charge in [0, 0.05) is 25.0 Å². The third kappa shape index (κ3) is 4.79. The molecule has 3 heteroatoms. The summed E-state index contributed by atoms with van der Waals surface area (Å²) in [5.41, 5.74) is 0. The minimum atomic E-state index is 0.310. The van der Waals surface area contributed by atoms with E-state index in [9.17, 15) is 4.79 Å². The van der Waals surface area contributed by atoms with Crippen molar-refractivity contribution in [3.63, 3.8) is 0 Å². The summed E-state index contributed by atoms with van der Waals surface area (Å²) < 4.78 is 0. The molecule has 2 saturated carbocycles. The van der Waals surface area contributed by atoms with Gasteiger partial charge in [0.05, 0.1) is 0 Å². The van der Waals surface area contributed by atoms with Gasteiger partial charge in [0.1, 0.15) is 0 Å². The lowest BCUT2D eigenvalue weighted by atomic mass is 9.89. The van der Waals surface area contributed by atoms with Gasteiger partial charge in [0.2, 0.25) is 5.91 Å². The Hall–Kier alpha value is -0.570. The maximum absolute atomic E-state index is 12.5. The lowest BCUT2D eigenvalue weighted by Crippen LogP contribution is -2.41. The van der Waals surface area contributed by atoms with Crippen LogP contribution < -0.4 is 5.32 Å². The molecule has 1 amide bonds. The molecule has 0 aliphatic heterocycles. The summed E-state index contributed by atoms with van der Waals surface area (Å²) in [6.45, 7) is 6.19. The quantitative estimate of drug-likeness (QED) is 0.768. The second-order valence-electron chi connectivity index (χ2n) is 6.44. The van der Waals surface area contributed by atoms with Crippen LogP contribution in [0.1, 0.15) is 65.2 Å². The van der Waals surface area contributed by atoms with Gasteiger partial charge in [-0.2, -0.15) is 0 Å². The molecule has 0 heterocycles. The number of carbonyl (C=O) groups excluding carboxylic acids is 1. The van der Waals surface area contributed by atoms with Gasteiger partial charge in [-0.05, 0) is 45.1 Å². The fraction of sp³-hybridized carbons (Fsp3) is 0.938. The fourth-order valence-corrected chi connectivity index (χ4v) is 3.29. The summed E-state index contributed by atoms with van der Waals surface area (Å²) in [4.78, 5) is 14.7. The van der Waals surface area contributed by atoms with Gasteiger partial charge in [-0.25, -0.2) is 0 Å². The van der Waals surface area contributed by atoms with E-state index in [1.807, 2.05) is 0 Å². The van der Waals surface area contributed by atoms with Crippen LogP contribution in [0.5, 0.6) is 0 Å². The Bertz CT molecular complexity index is 282. The molecule has 2 fully saturated rings. The summed E-state index contributed by atoms with van der Waals surface area (Å²) in [5.74, 6) is 1.15. The standard InChI is InChI=1S/C16H30N2O/c1-3-17-13(2)11-16(19)18(15-9-10-15)12-14-7-5-4-6-8-14/h13-15,17H,3-12H2,1-2H3. The number of nitrogens with one attached hydrogen (secondary N) is 1. The SMILES string of the molecule is CCNC(C)CC(=O)N(CC1CCCCC1)C1CC1. The zero-order valence-electron chi connectivity index (χ0n) is 12.7. The van der Waals surface area contributed by atoms with Crippen molar-refractivity contribution < 1.29 is 4.79 Å². The van der Waals surface area contributed by atoms with E-state index in [-0.39, 0.29) is 0 Å². The molecular formula is C16H30N2O. The molecule has 0 aromatic carbocycles. The van der Waals surface area contributed by atoms with Crippen LogP contribution in [-0.2, 0) is 4.79 Å². The monoisotopic (exact) mass is 266 g/mol. The van der Waals surface area contributed by atoms with Crippen molar-refractivity contribution in [3.8, 4) is 0 Å². The van der Waals surface area contributed by atoms with Crippen LogP contribution in [-0.4, -0.2) is 36.0 Å². The number of hydrogen-bond acceptors (Lipinski definition) is 2. The molecule has 110 valence electrons. The van der Waals surface area contributed by atoms with Crippen molar-refractivity contribution in [3.05, 3.63) is 0 Å². The predicted molar refractivity (Wildman–Crippen MR) is 79.1 cm³/mol. The maximum Gasteiger partial charge on any atom is 0.224 e. The van der Waals surface area contributed by atoms with E-state index in [1.54, 1.807) is 0 Å². The van der Waals surface area contributed by atoms with E-state index in [2.05, 4.69) is 24.1 Å². The van der Waals surface area contributed by atoms with Crippen molar-refractivity contribution in [2.45, 2.75) is 77.3 Å². The Morgan fingerprint density at radius 2 is 1.89 bits per heavy atom. The molecule has 0 aromatic rings. The highest BCUT2D eigenvalue weighted by Crippen LogP contribution is 2.31. The van der Waals surface area contributed by atoms with E-state index in [4.69, 9.17) is 0 Å². The Morgan fingerprint density at radius 1 is 1.21 bits per heavy atom. The number of nitrogens with zero attached hydrogens (tertiary/aromatic N) is 1. The molecule has 19 heavy (non-hydrogen) atoms. The van der Waals surface area contributed by atoms with Crippen molar-refractivity contribution in [1.29, 1.82) is 0 Å². The van der Waals surface area contributed by atoms with Crippen LogP contribution in [0, 0.1) is 5.92 Å². The molecule has 1 N–H and O–H groups in total. The van der Waals surface area contributed by atoms with Gasteiger partial charge in [-0.1, -0.05) is 26.2 Å². The van der Waals surface area contributed by atoms with Gasteiger partial charge >= 0.3 is 0 Å². The van der Waals surface area contributed by atoms with Crippen LogP contribution in [0.25, 0.3) is 0 Å². The Kier molecular flexibility index (Phi) is 5.68. The largest absolute Gasteiger partial charge is 0.339 e. The Labute approximate surface area is 118 Å². The van der Waals surface area contributed by atoms with Gasteiger partial charge in [-0.3, -0.25) is 4.79 Å². The van der Waals surface area contributed by atoms with Crippen LogP contribution in [0.3, 0.4) is 0 Å². The molecule has 1 unspecified atom stereocenters. The molecule has 0 aromatic heterocycles. The smallest absolute Gasteiger partial charge is 0.224 e. The molecule has 0 spiro atoms. The van der Waals surface area contributed by atoms with Gasteiger partial charge in [0.25, 0.3) is 0 Å². The fourth-order valence-electron chi connectivity index (χ4n) is 3.29. The topological polar surface area (TPSA) is 32.3 Å². The number of carbonyl (C=O) groups is 1. The summed E-state index contributed by atoms with van der Waals surface area (Å²) in [6, 6.07) is 0.883. The molecule has 3 nitrogen and oxygen atoms in total. The second-order valence-corrected chi connectivity index (χ2v) is 6.44. The highest BCUT2D eigenvalue weighted by Gasteiger charge is 2.34. The van der Waals surface area contributed by atoms with Crippen LogP contribution in [0.2, 0.25) is 0 Å². The summed E-state index contributed by atoms with van der Waals surface area (Å²) in [5, 5.41) is 3.35. The number of rotatable bonds is 7. The first-order valence-electron chi connectivity index (χ1n) is 8.23. The number of amides is 1. The molecule has 0 radical (unpaired) electrons. The maximum atomic E-state index is 12.5. The lowest BCUT2D eigenvalue weighted by molar-refractivity contribution is -0.133. The zero-order chi connectivity index (χ0) is 13.7. The summed E-state index contributed by atoms with van der Waals surface area (Å²) in [7, 11) is 0. The van der Waals surface area contributed by atoms with E-state index in [0.29, 0.717) is 24.4 Å². The summed E-state index contributed by atoms with van der Waals surface area (Å²) in [6.07, 6.45) is 9.92. The van der Waals surface area contributed by atoms with Gasteiger partial charge < -0.3 is 10.2 Å². The molecule has 0 saturated heterocycles. The molecule has 2 aliphatic rings. The van der Waals surface area contributed by atoms with E-state index < -0.39 is 0 Å². The van der Waals surface area contributed by atoms with E-state index in [1.165, 1.54) is 44.9 Å². The lowest BCUT2D eigenvalue weighted by Gasteiger charge is -2.30. The average Bonchev–Trinajstić information content (AvgIpc) is 3.21. The van der Waals surface area contributed by atoms with Crippen molar-refractivity contribution in [2.24, 2.45) is 5.92 Å². The highest BCUT2D eigenvalue weighted by atomic mass is 16.2. The van der Waals surface area contributed by atoms with Crippen LogP contribution in [0.4, 0.5) is 0 Å². The first-order valence-corrected chi connectivity index (χ1v) is 8.23. The molecule has 2 aliphatic carbocycles. The Balaban J connectivity index is 1.82. The highest BCUT2D eigenvalue weighted by molar-refractivity contribution is 5.77. The average molecular weight is 266 g/mol. The van der Waals surface area contributed by atoms with Gasteiger partial charge in [-0.15, -0.1) is 0 Å². The predicted octanol–water partition coefficient (Wildman–Crippen LogP) is 2.95. The zero-order valence-corrected chi connectivity index (χ0v) is 12.7. The third-order valence-electron chi connectivity index (χ3n) is 4.52. The number of hydrogen-bond donors (Lipinski definition) is 1.